The minimum atomic E-state index is -0.657. The number of hydrogen-bond acceptors (Lipinski definition) is 6. The molecule has 1 saturated heterocycles. The van der Waals surface area contributed by atoms with Gasteiger partial charge in [0.25, 0.3) is 0 Å². The average molecular weight is 508 g/mol. The van der Waals surface area contributed by atoms with Gasteiger partial charge in [-0.1, -0.05) is 0 Å². The van der Waals surface area contributed by atoms with Gasteiger partial charge in [-0.2, -0.15) is 0 Å². The number of nitrogens with zero attached hydrogens (tertiary/aromatic N) is 2. The van der Waals surface area contributed by atoms with E-state index in [0.29, 0.717) is 29.8 Å². The Labute approximate surface area is 197 Å². The SMILES string of the molecule is CCC(=O)c1ccc([As]C2CCCN(C(=O)OC(C)(C)C)C2)nc1NC(=O)OC(C)(C)C. The van der Waals surface area contributed by atoms with Gasteiger partial charge < -0.3 is 0 Å². The third kappa shape index (κ3) is 8.45. The summed E-state index contributed by atoms with van der Waals surface area (Å²) in [6, 6.07) is 3.58. The van der Waals surface area contributed by atoms with Gasteiger partial charge in [0.2, 0.25) is 0 Å². The van der Waals surface area contributed by atoms with Crippen LogP contribution in [0.15, 0.2) is 12.1 Å². The van der Waals surface area contributed by atoms with Crippen LogP contribution < -0.4 is 9.80 Å². The van der Waals surface area contributed by atoms with Gasteiger partial charge in [-0.15, -0.1) is 0 Å². The second-order valence-corrected chi connectivity index (χ2v) is 12.9. The predicted octanol–water partition coefficient (Wildman–Crippen LogP) is 4.17. The molecule has 2 amide bonds. The first-order valence-corrected chi connectivity index (χ1v) is 13.0. The standard InChI is InChI=1S/C23H35AsN3O5/c1-8-17(28)16-11-12-18(25-19(16)26-20(29)31-22(2,3)4)24-15-10-9-13-27(14-15)21(30)32-23(5,6)7/h11-12,15H,8-10,13-14H2,1-7H3,(H,25,26,29). The fourth-order valence-corrected chi connectivity index (χ4v) is 5.86. The van der Waals surface area contributed by atoms with Crippen LogP contribution in [0.4, 0.5) is 15.4 Å². The van der Waals surface area contributed by atoms with Crippen LogP contribution in [0.25, 0.3) is 0 Å². The summed E-state index contributed by atoms with van der Waals surface area (Å²) in [7, 11) is 0. The molecule has 2 rings (SSSR count). The summed E-state index contributed by atoms with van der Waals surface area (Å²) in [4.78, 5) is 43.5. The zero-order chi connectivity index (χ0) is 24.1. The van der Waals surface area contributed by atoms with E-state index < -0.39 is 17.3 Å². The number of carbonyl (C=O) groups is 3. The predicted molar refractivity (Wildman–Crippen MR) is 125 cm³/mol. The zero-order valence-electron chi connectivity index (χ0n) is 20.2. The van der Waals surface area contributed by atoms with E-state index in [1.54, 1.807) is 38.7 Å². The van der Waals surface area contributed by atoms with Gasteiger partial charge in [-0.05, 0) is 0 Å². The number of Topliss-reactive ketones (excluding diaryl/α,β-unsaturated/α-hetero) is 1. The van der Waals surface area contributed by atoms with Gasteiger partial charge in [0.05, 0.1) is 0 Å². The Morgan fingerprint density at radius 3 is 2.38 bits per heavy atom. The number of ketones is 1. The second kappa shape index (κ2) is 10.7. The van der Waals surface area contributed by atoms with E-state index in [1.807, 2.05) is 26.8 Å². The number of nitrogens with one attached hydrogen (secondary N) is 1. The van der Waals surface area contributed by atoms with Crippen molar-refractivity contribution in [2.45, 2.75) is 83.6 Å². The Hall–Kier alpha value is -2.08. The number of hydrogen-bond donors (Lipinski definition) is 1. The molecule has 1 fully saturated rings. The van der Waals surface area contributed by atoms with Crippen molar-refractivity contribution in [2.75, 3.05) is 18.4 Å². The van der Waals surface area contributed by atoms with E-state index in [0.717, 1.165) is 17.3 Å². The Morgan fingerprint density at radius 2 is 1.78 bits per heavy atom. The number of carbonyl (C=O) groups excluding carboxylic acids is 3. The maximum atomic E-state index is 12.5. The van der Waals surface area contributed by atoms with E-state index in [1.165, 1.54) is 0 Å². The molecule has 1 aromatic heterocycles. The molecule has 1 aromatic rings. The van der Waals surface area contributed by atoms with Crippen molar-refractivity contribution in [1.29, 1.82) is 0 Å². The number of pyridine rings is 1. The summed E-state index contributed by atoms with van der Waals surface area (Å²) in [5.41, 5.74) is -0.804. The van der Waals surface area contributed by atoms with Crippen molar-refractivity contribution < 1.29 is 23.9 Å². The molecule has 8 nitrogen and oxygen atoms in total. The number of aromatic nitrogens is 1. The molecule has 0 saturated carbocycles. The Morgan fingerprint density at radius 1 is 1.12 bits per heavy atom. The summed E-state index contributed by atoms with van der Waals surface area (Å²) in [6.45, 7) is 14.0. The third-order valence-electron chi connectivity index (χ3n) is 4.48. The van der Waals surface area contributed by atoms with E-state index >= 15 is 0 Å². The van der Waals surface area contributed by atoms with Gasteiger partial charge in [-0.25, -0.2) is 0 Å². The van der Waals surface area contributed by atoms with E-state index in [2.05, 4.69) is 10.3 Å². The number of ether oxygens (including phenoxy) is 2. The van der Waals surface area contributed by atoms with Crippen LogP contribution in [0.3, 0.4) is 0 Å². The molecule has 1 radical (unpaired) electrons. The first-order chi connectivity index (χ1) is 14.8. The Kier molecular flexibility index (Phi) is 8.74. The van der Waals surface area contributed by atoms with Crippen LogP contribution in [0, 0.1) is 0 Å². The first-order valence-electron chi connectivity index (χ1n) is 11.0. The van der Waals surface area contributed by atoms with Crippen molar-refractivity contribution in [3.63, 3.8) is 0 Å². The second-order valence-electron chi connectivity index (χ2n) is 9.82. The number of likely N-dealkylation sites (tertiary alicyclic amines) is 1. The molecule has 0 spiro atoms. The summed E-state index contributed by atoms with van der Waals surface area (Å²) < 4.78 is 12.0. The summed E-state index contributed by atoms with van der Waals surface area (Å²) in [6.07, 6.45) is 1.30. The number of rotatable bonds is 5. The zero-order valence-corrected chi connectivity index (χ0v) is 22.0. The monoisotopic (exact) mass is 508 g/mol. The van der Waals surface area contributed by atoms with Crippen molar-refractivity contribution in [2.24, 2.45) is 0 Å². The van der Waals surface area contributed by atoms with Gasteiger partial charge in [-0.3, -0.25) is 0 Å². The van der Waals surface area contributed by atoms with Crippen molar-refractivity contribution in [3.05, 3.63) is 17.7 Å². The average Bonchev–Trinajstić information content (AvgIpc) is 2.65. The van der Waals surface area contributed by atoms with Crippen molar-refractivity contribution >= 4 is 44.0 Å². The van der Waals surface area contributed by atoms with Crippen LogP contribution in [0.1, 0.15) is 78.1 Å². The van der Waals surface area contributed by atoms with Crippen LogP contribution in [0.5, 0.6) is 0 Å². The minimum absolute atomic E-state index is 0.0971. The Bertz CT molecular complexity index is 845. The molecule has 1 N–H and O–H groups in total. The molecule has 0 aromatic carbocycles. The fourth-order valence-electron chi connectivity index (χ4n) is 3.17. The number of amides is 2. The summed E-state index contributed by atoms with van der Waals surface area (Å²) in [5.74, 6) is 0.138. The van der Waals surface area contributed by atoms with Gasteiger partial charge in [0.1, 0.15) is 0 Å². The molecule has 1 aliphatic rings. The molecule has 2 heterocycles. The molecule has 177 valence electrons. The van der Waals surface area contributed by atoms with Crippen LogP contribution in [-0.2, 0) is 9.47 Å². The quantitative estimate of drug-likeness (QED) is 0.474. The molecule has 32 heavy (non-hydrogen) atoms. The molecule has 1 unspecified atom stereocenters. The molecule has 0 aliphatic carbocycles. The number of anilines is 1. The first kappa shape index (κ1) is 26.2. The van der Waals surface area contributed by atoms with E-state index in [-0.39, 0.29) is 33.4 Å². The summed E-state index contributed by atoms with van der Waals surface area (Å²) in [5, 5.41) is 2.65. The van der Waals surface area contributed by atoms with Crippen molar-refractivity contribution in [1.82, 2.24) is 9.88 Å². The van der Waals surface area contributed by atoms with Gasteiger partial charge in [0, 0.05) is 0 Å². The van der Waals surface area contributed by atoms with E-state index in [9.17, 15) is 14.4 Å². The maximum absolute atomic E-state index is 12.5. The van der Waals surface area contributed by atoms with Crippen LogP contribution in [-0.4, -0.2) is 67.9 Å². The van der Waals surface area contributed by atoms with Gasteiger partial charge >= 0.3 is 198 Å². The number of piperidine rings is 1. The topological polar surface area (TPSA) is 97.8 Å². The van der Waals surface area contributed by atoms with Crippen molar-refractivity contribution in [3.8, 4) is 0 Å². The fraction of sp³-hybridized carbons (Fsp3) is 0.652. The Balaban J connectivity index is 2.14. The molecule has 1 atom stereocenters. The summed E-state index contributed by atoms with van der Waals surface area (Å²) >= 11 is -0.378. The van der Waals surface area contributed by atoms with E-state index in [4.69, 9.17) is 9.47 Å². The molecule has 1 aliphatic heterocycles. The molecular formula is C23H35AsN3O5. The molecular weight excluding hydrogens is 473 g/mol. The molecule has 0 bridgehead atoms. The normalized spacial score (nSPS) is 17.3. The molecule has 9 heteroatoms. The van der Waals surface area contributed by atoms with Crippen LogP contribution >= 0.6 is 0 Å². The van der Waals surface area contributed by atoms with Gasteiger partial charge in [0.15, 0.2) is 0 Å². The van der Waals surface area contributed by atoms with Crippen LogP contribution in [0.2, 0.25) is 4.71 Å². The third-order valence-corrected chi connectivity index (χ3v) is 7.21.